The van der Waals surface area contributed by atoms with Crippen molar-refractivity contribution in [1.82, 2.24) is 4.90 Å². The van der Waals surface area contributed by atoms with E-state index in [1.54, 1.807) is 6.92 Å². The van der Waals surface area contributed by atoms with Crippen LogP contribution < -0.4 is 5.73 Å². The summed E-state index contributed by atoms with van der Waals surface area (Å²) in [5, 5.41) is 8.64. The van der Waals surface area contributed by atoms with Gasteiger partial charge in [0.2, 0.25) is 5.91 Å². The van der Waals surface area contributed by atoms with Gasteiger partial charge in [-0.15, -0.1) is 0 Å². The third kappa shape index (κ3) is 3.98. The fourth-order valence-corrected chi connectivity index (χ4v) is 2.26. The highest BCUT2D eigenvalue weighted by atomic mass is 16.4. The Balaban J connectivity index is 2.39. The first-order valence-electron chi connectivity index (χ1n) is 6.67. The Bertz CT molecular complexity index is 307. The van der Waals surface area contributed by atoms with Crippen LogP contribution in [0.5, 0.6) is 0 Å². The smallest absolute Gasteiger partial charge is 0.303 e. The van der Waals surface area contributed by atoms with Crippen molar-refractivity contribution in [2.45, 2.75) is 51.5 Å². The first-order chi connectivity index (χ1) is 8.36. The molecule has 1 heterocycles. The van der Waals surface area contributed by atoms with Gasteiger partial charge < -0.3 is 15.7 Å². The minimum absolute atomic E-state index is 0.0154. The molecule has 0 bridgehead atoms. The zero-order valence-electron chi connectivity index (χ0n) is 11.3. The minimum atomic E-state index is -0.770. The van der Waals surface area contributed by atoms with Crippen molar-refractivity contribution in [3.63, 3.8) is 0 Å². The molecule has 18 heavy (non-hydrogen) atoms. The number of carboxylic acids is 1. The van der Waals surface area contributed by atoms with Crippen LogP contribution in [0.25, 0.3) is 0 Å². The average Bonchev–Trinajstić information content (AvgIpc) is 2.36. The van der Waals surface area contributed by atoms with Gasteiger partial charge in [0.25, 0.3) is 0 Å². The van der Waals surface area contributed by atoms with Crippen LogP contribution in [0.3, 0.4) is 0 Å². The Morgan fingerprint density at radius 1 is 1.39 bits per heavy atom. The van der Waals surface area contributed by atoms with Crippen molar-refractivity contribution in [2.75, 3.05) is 13.1 Å². The summed E-state index contributed by atoms with van der Waals surface area (Å²) in [7, 11) is 0. The molecule has 1 aliphatic rings. The Kier molecular flexibility index (Phi) is 5.14. The van der Waals surface area contributed by atoms with Crippen LogP contribution in [0.15, 0.2) is 0 Å². The van der Waals surface area contributed by atoms with E-state index in [4.69, 9.17) is 10.8 Å². The molecule has 1 saturated heterocycles. The number of amides is 1. The number of nitrogens with zero attached hydrogens (tertiary/aromatic N) is 1. The standard InChI is InChI=1S/C13H24N2O3/c1-3-13(2,14)12(18)15-8-6-10(7-9-15)4-5-11(16)17/h10H,3-9,14H2,1-2H3,(H,16,17). The summed E-state index contributed by atoms with van der Waals surface area (Å²) < 4.78 is 0. The third-order valence-corrected chi connectivity index (χ3v) is 3.89. The van der Waals surface area contributed by atoms with E-state index in [0.29, 0.717) is 31.8 Å². The molecule has 0 aromatic rings. The largest absolute Gasteiger partial charge is 0.481 e. The molecule has 0 aromatic heterocycles. The van der Waals surface area contributed by atoms with Gasteiger partial charge in [0.05, 0.1) is 5.54 Å². The van der Waals surface area contributed by atoms with E-state index < -0.39 is 11.5 Å². The summed E-state index contributed by atoms with van der Waals surface area (Å²) in [6.07, 6.45) is 3.34. The molecule has 1 amide bonds. The molecule has 104 valence electrons. The van der Waals surface area contributed by atoms with Crippen LogP contribution >= 0.6 is 0 Å². The summed E-state index contributed by atoms with van der Waals surface area (Å²) in [5.41, 5.74) is 5.18. The fourth-order valence-electron chi connectivity index (χ4n) is 2.26. The van der Waals surface area contributed by atoms with Crippen molar-refractivity contribution >= 4 is 11.9 Å². The lowest BCUT2D eigenvalue weighted by molar-refractivity contribution is -0.139. The summed E-state index contributed by atoms with van der Waals surface area (Å²) in [6, 6.07) is 0. The number of carbonyl (C=O) groups is 2. The third-order valence-electron chi connectivity index (χ3n) is 3.89. The fraction of sp³-hybridized carbons (Fsp3) is 0.846. The molecule has 1 fully saturated rings. The number of piperidine rings is 1. The number of nitrogens with two attached hydrogens (primary N) is 1. The van der Waals surface area contributed by atoms with E-state index in [1.807, 2.05) is 11.8 Å². The maximum Gasteiger partial charge on any atom is 0.303 e. The molecule has 3 N–H and O–H groups in total. The van der Waals surface area contributed by atoms with Crippen LogP contribution in [0.1, 0.15) is 46.0 Å². The molecular weight excluding hydrogens is 232 g/mol. The van der Waals surface area contributed by atoms with E-state index in [1.165, 1.54) is 0 Å². The lowest BCUT2D eigenvalue weighted by Gasteiger charge is -2.36. The van der Waals surface area contributed by atoms with Crippen molar-refractivity contribution < 1.29 is 14.7 Å². The van der Waals surface area contributed by atoms with E-state index in [9.17, 15) is 9.59 Å². The van der Waals surface area contributed by atoms with Gasteiger partial charge in [-0.2, -0.15) is 0 Å². The molecular formula is C13H24N2O3. The highest BCUT2D eigenvalue weighted by Crippen LogP contribution is 2.23. The van der Waals surface area contributed by atoms with Crippen LogP contribution in [0.4, 0.5) is 0 Å². The first-order valence-corrected chi connectivity index (χ1v) is 6.67. The maximum atomic E-state index is 12.1. The van der Waals surface area contributed by atoms with Gasteiger partial charge in [0.1, 0.15) is 0 Å². The van der Waals surface area contributed by atoms with E-state index >= 15 is 0 Å². The molecule has 0 radical (unpaired) electrons. The quantitative estimate of drug-likeness (QED) is 0.774. The molecule has 0 aromatic carbocycles. The molecule has 5 heteroatoms. The van der Waals surface area contributed by atoms with Crippen molar-refractivity contribution in [1.29, 1.82) is 0 Å². The molecule has 1 unspecified atom stereocenters. The molecule has 0 spiro atoms. The van der Waals surface area contributed by atoms with E-state index in [-0.39, 0.29) is 12.3 Å². The number of carbonyl (C=O) groups excluding carboxylic acids is 1. The van der Waals surface area contributed by atoms with E-state index in [0.717, 1.165) is 12.8 Å². The Hall–Kier alpha value is -1.10. The highest BCUT2D eigenvalue weighted by molar-refractivity contribution is 5.85. The van der Waals surface area contributed by atoms with Crippen LogP contribution in [-0.2, 0) is 9.59 Å². The van der Waals surface area contributed by atoms with Gasteiger partial charge in [-0.1, -0.05) is 6.92 Å². The van der Waals surface area contributed by atoms with Crippen molar-refractivity contribution in [2.24, 2.45) is 11.7 Å². The van der Waals surface area contributed by atoms with Gasteiger partial charge in [0, 0.05) is 19.5 Å². The first kappa shape index (κ1) is 15.0. The van der Waals surface area contributed by atoms with Gasteiger partial charge in [-0.3, -0.25) is 9.59 Å². The monoisotopic (exact) mass is 256 g/mol. The normalized spacial score (nSPS) is 20.5. The second kappa shape index (κ2) is 6.18. The predicted octanol–water partition coefficient (Wildman–Crippen LogP) is 1.22. The molecule has 1 rings (SSSR count). The second-order valence-electron chi connectivity index (χ2n) is 5.44. The number of hydrogen-bond donors (Lipinski definition) is 2. The number of aliphatic carboxylic acids is 1. The van der Waals surface area contributed by atoms with Crippen LogP contribution in [0, 0.1) is 5.92 Å². The molecule has 1 aliphatic heterocycles. The lowest BCUT2D eigenvalue weighted by Crippen LogP contribution is -2.54. The number of rotatable bonds is 5. The zero-order valence-corrected chi connectivity index (χ0v) is 11.3. The second-order valence-corrected chi connectivity index (χ2v) is 5.44. The summed E-state index contributed by atoms with van der Waals surface area (Å²) in [5.74, 6) is -0.300. The Morgan fingerprint density at radius 2 is 1.94 bits per heavy atom. The number of carboxylic acid groups (broad SMARTS) is 1. The van der Waals surface area contributed by atoms with Crippen molar-refractivity contribution in [3.05, 3.63) is 0 Å². The molecule has 0 saturated carbocycles. The summed E-state index contributed by atoms with van der Waals surface area (Å²) >= 11 is 0. The van der Waals surface area contributed by atoms with Crippen LogP contribution in [0.2, 0.25) is 0 Å². The van der Waals surface area contributed by atoms with Gasteiger partial charge in [-0.05, 0) is 38.5 Å². The summed E-state index contributed by atoms with van der Waals surface area (Å²) in [4.78, 5) is 24.5. The van der Waals surface area contributed by atoms with Crippen LogP contribution in [-0.4, -0.2) is 40.5 Å². The zero-order chi connectivity index (χ0) is 13.8. The number of likely N-dealkylation sites (tertiary alicyclic amines) is 1. The Morgan fingerprint density at radius 3 is 2.39 bits per heavy atom. The summed E-state index contributed by atoms with van der Waals surface area (Å²) in [6.45, 7) is 5.09. The molecule has 5 nitrogen and oxygen atoms in total. The van der Waals surface area contributed by atoms with Gasteiger partial charge in [-0.25, -0.2) is 0 Å². The molecule has 1 atom stereocenters. The average molecular weight is 256 g/mol. The predicted molar refractivity (Wildman–Crippen MR) is 69.1 cm³/mol. The van der Waals surface area contributed by atoms with Gasteiger partial charge >= 0.3 is 5.97 Å². The Labute approximate surface area is 108 Å². The minimum Gasteiger partial charge on any atom is -0.481 e. The maximum absolute atomic E-state index is 12.1. The van der Waals surface area contributed by atoms with Gasteiger partial charge in [0.15, 0.2) is 0 Å². The number of hydrogen-bond acceptors (Lipinski definition) is 3. The topological polar surface area (TPSA) is 83.6 Å². The van der Waals surface area contributed by atoms with E-state index in [2.05, 4.69) is 0 Å². The molecule has 0 aliphatic carbocycles. The highest BCUT2D eigenvalue weighted by Gasteiger charge is 2.33. The van der Waals surface area contributed by atoms with Crippen molar-refractivity contribution in [3.8, 4) is 0 Å². The lowest BCUT2D eigenvalue weighted by atomic mass is 9.90. The SMILES string of the molecule is CCC(C)(N)C(=O)N1CCC(CCC(=O)O)CC1.